The lowest BCUT2D eigenvalue weighted by molar-refractivity contribution is 0.594. The minimum Gasteiger partial charge on any atom is -0.392 e. The van der Waals surface area contributed by atoms with E-state index in [1.54, 1.807) is 19.2 Å². The van der Waals surface area contributed by atoms with Gasteiger partial charge in [0, 0.05) is 5.38 Å². The second kappa shape index (κ2) is 5.07. The second-order valence-corrected chi connectivity index (χ2v) is 6.43. The zero-order valence-electron chi connectivity index (χ0n) is 8.93. The van der Waals surface area contributed by atoms with E-state index in [4.69, 9.17) is 18.0 Å². The van der Waals surface area contributed by atoms with Gasteiger partial charge in [-0.25, -0.2) is 13.4 Å². The fourth-order valence-corrected chi connectivity index (χ4v) is 3.96. The molecule has 0 spiro atoms. The first-order chi connectivity index (χ1) is 7.36. The Morgan fingerprint density at radius 2 is 2.38 bits per heavy atom. The summed E-state index contributed by atoms with van der Waals surface area (Å²) in [5.74, 6) is 0. The zero-order valence-corrected chi connectivity index (χ0v) is 11.4. The quantitative estimate of drug-likeness (QED) is 0.793. The predicted octanol–water partition coefficient (Wildman–Crippen LogP) is 1.26. The number of thiazole rings is 1. The van der Waals surface area contributed by atoms with Gasteiger partial charge in [0.1, 0.15) is 5.25 Å². The van der Waals surface area contributed by atoms with Crippen LogP contribution >= 0.6 is 23.6 Å². The zero-order chi connectivity index (χ0) is 12.3. The molecule has 1 aromatic rings. The number of nitrogens with two attached hydrogens (primary N) is 1. The summed E-state index contributed by atoms with van der Waals surface area (Å²) in [4.78, 5) is 3.99. The molecular weight excluding hydrogens is 266 g/mol. The molecule has 5 nitrogen and oxygen atoms in total. The molecule has 0 aliphatic carbocycles. The maximum atomic E-state index is 11.9. The standard InChI is InChI=1S/C8H13N3O2S3/c1-3-6(7(9)14)16(12,13)11-8-10-5(2)4-15-8/h4,6H,3H2,1-2H3,(H2,9,14)(H,10,11). The van der Waals surface area contributed by atoms with Crippen molar-refractivity contribution in [3.63, 3.8) is 0 Å². The van der Waals surface area contributed by atoms with Gasteiger partial charge in [0.15, 0.2) is 5.13 Å². The Kier molecular flexibility index (Phi) is 4.22. The van der Waals surface area contributed by atoms with Gasteiger partial charge in [0.2, 0.25) is 10.0 Å². The van der Waals surface area contributed by atoms with E-state index in [0.29, 0.717) is 11.6 Å². The summed E-state index contributed by atoms with van der Waals surface area (Å²) in [6, 6.07) is 0. The summed E-state index contributed by atoms with van der Waals surface area (Å²) in [5, 5.41) is 1.25. The lowest BCUT2D eigenvalue weighted by Crippen LogP contribution is -2.37. The van der Waals surface area contributed by atoms with Crippen LogP contribution in [0.5, 0.6) is 0 Å². The fraction of sp³-hybridized carbons (Fsp3) is 0.500. The van der Waals surface area contributed by atoms with Crippen molar-refractivity contribution >= 4 is 43.7 Å². The van der Waals surface area contributed by atoms with Gasteiger partial charge in [-0.05, 0) is 13.3 Å². The van der Waals surface area contributed by atoms with Crippen LogP contribution in [0.25, 0.3) is 0 Å². The van der Waals surface area contributed by atoms with E-state index < -0.39 is 15.3 Å². The minimum absolute atomic E-state index is 0.0247. The van der Waals surface area contributed by atoms with Crippen molar-refractivity contribution in [2.75, 3.05) is 4.72 Å². The molecule has 1 rings (SSSR count). The molecule has 3 N–H and O–H groups in total. The van der Waals surface area contributed by atoms with Crippen molar-refractivity contribution in [2.45, 2.75) is 25.5 Å². The molecule has 1 atom stereocenters. The number of nitrogens with zero attached hydrogens (tertiary/aromatic N) is 1. The number of rotatable bonds is 5. The SMILES string of the molecule is CCC(C(N)=S)S(=O)(=O)Nc1nc(C)cs1. The summed E-state index contributed by atoms with van der Waals surface area (Å²) in [7, 11) is -3.58. The van der Waals surface area contributed by atoms with Crippen LogP contribution in [0.4, 0.5) is 5.13 Å². The molecule has 90 valence electrons. The molecule has 8 heteroatoms. The highest BCUT2D eigenvalue weighted by atomic mass is 32.2. The predicted molar refractivity (Wildman–Crippen MR) is 70.3 cm³/mol. The van der Waals surface area contributed by atoms with Gasteiger partial charge in [-0.2, -0.15) is 0 Å². The van der Waals surface area contributed by atoms with Crippen molar-refractivity contribution in [2.24, 2.45) is 5.73 Å². The van der Waals surface area contributed by atoms with Crippen LogP contribution in [0.3, 0.4) is 0 Å². The number of sulfonamides is 1. The van der Waals surface area contributed by atoms with Crippen LogP contribution in [0.1, 0.15) is 19.0 Å². The number of aryl methyl sites for hydroxylation is 1. The first kappa shape index (κ1) is 13.3. The van der Waals surface area contributed by atoms with Crippen molar-refractivity contribution < 1.29 is 8.42 Å². The van der Waals surface area contributed by atoms with E-state index >= 15 is 0 Å². The van der Waals surface area contributed by atoms with Crippen LogP contribution in [0.2, 0.25) is 0 Å². The number of nitrogens with one attached hydrogen (secondary N) is 1. The molecule has 0 saturated carbocycles. The van der Waals surface area contributed by atoms with Crippen LogP contribution in [0, 0.1) is 6.92 Å². The number of hydrogen-bond donors (Lipinski definition) is 2. The van der Waals surface area contributed by atoms with E-state index in [9.17, 15) is 8.42 Å². The van der Waals surface area contributed by atoms with E-state index in [2.05, 4.69) is 9.71 Å². The first-order valence-corrected chi connectivity index (χ1v) is 7.43. The van der Waals surface area contributed by atoms with E-state index in [1.807, 2.05) is 0 Å². The van der Waals surface area contributed by atoms with E-state index in [-0.39, 0.29) is 4.99 Å². The average Bonchev–Trinajstić information content (AvgIpc) is 2.49. The van der Waals surface area contributed by atoms with Crippen LogP contribution < -0.4 is 10.5 Å². The van der Waals surface area contributed by atoms with Gasteiger partial charge >= 0.3 is 0 Å². The highest BCUT2D eigenvalue weighted by Crippen LogP contribution is 2.18. The first-order valence-electron chi connectivity index (χ1n) is 4.60. The van der Waals surface area contributed by atoms with Crippen molar-refractivity contribution in [3.8, 4) is 0 Å². The lowest BCUT2D eigenvalue weighted by Gasteiger charge is -2.14. The van der Waals surface area contributed by atoms with Gasteiger partial charge < -0.3 is 5.73 Å². The topological polar surface area (TPSA) is 85.1 Å². The largest absolute Gasteiger partial charge is 0.392 e. The second-order valence-electron chi connectivity index (χ2n) is 3.24. The molecule has 0 radical (unpaired) electrons. The Morgan fingerprint density at radius 3 is 2.75 bits per heavy atom. The molecule has 0 fully saturated rings. The van der Waals surface area contributed by atoms with Crippen LogP contribution in [-0.4, -0.2) is 23.6 Å². The smallest absolute Gasteiger partial charge is 0.243 e. The third-order valence-electron chi connectivity index (χ3n) is 1.91. The number of aromatic nitrogens is 1. The Balaban J connectivity index is 2.90. The molecular formula is C8H13N3O2S3. The van der Waals surface area contributed by atoms with Crippen LogP contribution in [0.15, 0.2) is 5.38 Å². The summed E-state index contributed by atoms with van der Waals surface area (Å²) < 4.78 is 26.1. The summed E-state index contributed by atoms with van der Waals surface area (Å²) >= 11 is 5.96. The molecule has 1 unspecified atom stereocenters. The number of thiocarbonyl (C=S) groups is 1. The minimum atomic E-state index is -3.58. The Hall–Kier alpha value is -0.730. The third kappa shape index (κ3) is 3.13. The summed E-state index contributed by atoms with van der Waals surface area (Å²) in [5.41, 5.74) is 6.16. The molecule has 0 amide bonds. The van der Waals surface area contributed by atoms with Gasteiger partial charge in [-0.1, -0.05) is 19.1 Å². The highest BCUT2D eigenvalue weighted by Gasteiger charge is 2.27. The van der Waals surface area contributed by atoms with Gasteiger partial charge in [0.25, 0.3) is 0 Å². The molecule has 0 aliphatic rings. The molecule has 0 aromatic carbocycles. The summed E-state index contributed by atoms with van der Waals surface area (Å²) in [6.45, 7) is 3.51. The van der Waals surface area contributed by atoms with Crippen LogP contribution in [-0.2, 0) is 10.0 Å². The summed E-state index contributed by atoms with van der Waals surface area (Å²) in [6.07, 6.45) is 0.342. The Morgan fingerprint density at radius 1 is 1.75 bits per heavy atom. The maximum absolute atomic E-state index is 11.9. The van der Waals surface area contributed by atoms with Crippen molar-refractivity contribution in [1.29, 1.82) is 0 Å². The van der Waals surface area contributed by atoms with Gasteiger partial charge in [-0.15, -0.1) is 11.3 Å². The van der Waals surface area contributed by atoms with Crippen molar-refractivity contribution in [1.82, 2.24) is 4.98 Å². The highest BCUT2D eigenvalue weighted by molar-refractivity contribution is 7.95. The number of hydrogen-bond acceptors (Lipinski definition) is 5. The maximum Gasteiger partial charge on any atom is 0.243 e. The molecule has 16 heavy (non-hydrogen) atoms. The van der Waals surface area contributed by atoms with Gasteiger partial charge in [0.05, 0.1) is 10.7 Å². The molecule has 0 bridgehead atoms. The average molecular weight is 279 g/mol. The Bertz CT molecular complexity index is 480. The van der Waals surface area contributed by atoms with Crippen molar-refractivity contribution in [3.05, 3.63) is 11.1 Å². The Labute approximate surface area is 104 Å². The lowest BCUT2D eigenvalue weighted by atomic mass is 10.3. The molecule has 1 heterocycles. The van der Waals surface area contributed by atoms with Gasteiger partial charge in [-0.3, -0.25) is 4.72 Å². The third-order valence-corrected chi connectivity index (χ3v) is 5.16. The number of anilines is 1. The molecule has 1 aromatic heterocycles. The fourth-order valence-electron chi connectivity index (χ4n) is 1.17. The van der Waals surface area contributed by atoms with E-state index in [0.717, 1.165) is 5.69 Å². The van der Waals surface area contributed by atoms with E-state index in [1.165, 1.54) is 11.3 Å². The molecule has 0 aliphatic heterocycles. The monoisotopic (exact) mass is 279 g/mol. The molecule has 0 saturated heterocycles. The normalized spacial score (nSPS) is 13.4.